The fourth-order valence-corrected chi connectivity index (χ4v) is 4.11. The summed E-state index contributed by atoms with van der Waals surface area (Å²) >= 11 is 0. The topological polar surface area (TPSA) is 110 Å². The van der Waals surface area contributed by atoms with Crippen LogP contribution >= 0.6 is 0 Å². The molecule has 2 aromatic rings. The molecule has 9 nitrogen and oxygen atoms in total. The number of esters is 1. The van der Waals surface area contributed by atoms with Crippen LogP contribution in [-0.2, 0) is 19.6 Å². The Morgan fingerprint density at radius 1 is 1.18 bits per heavy atom. The Bertz CT molecular complexity index is 965. The molecule has 1 aromatic carbocycles. The van der Waals surface area contributed by atoms with Crippen LogP contribution in [0.4, 0.5) is 4.39 Å². The molecule has 11 heteroatoms. The second kappa shape index (κ2) is 8.07. The van der Waals surface area contributed by atoms with Crippen LogP contribution in [0.1, 0.15) is 16.2 Å². The van der Waals surface area contributed by atoms with Crippen LogP contribution in [0.25, 0.3) is 0 Å². The molecule has 2 heterocycles. The highest BCUT2D eigenvalue weighted by molar-refractivity contribution is 7.89. The summed E-state index contributed by atoms with van der Waals surface area (Å²) in [6.07, 6.45) is 0. The number of aromatic nitrogens is 1. The molecule has 0 aliphatic carbocycles. The lowest BCUT2D eigenvalue weighted by Crippen LogP contribution is -2.51. The second-order valence-corrected chi connectivity index (χ2v) is 8.09. The van der Waals surface area contributed by atoms with Crippen LogP contribution < -0.4 is 0 Å². The van der Waals surface area contributed by atoms with Gasteiger partial charge in [-0.05, 0) is 31.2 Å². The molecule has 1 aliphatic heterocycles. The van der Waals surface area contributed by atoms with E-state index in [-0.39, 0.29) is 36.8 Å². The molecule has 0 bridgehead atoms. The Kier molecular flexibility index (Phi) is 5.75. The van der Waals surface area contributed by atoms with Gasteiger partial charge in [-0.2, -0.15) is 4.31 Å². The number of benzene rings is 1. The number of nitrogens with zero attached hydrogens (tertiary/aromatic N) is 3. The third-order valence-corrected chi connectivity index (χ3v) is 6.11. The molecule has 0 radical (unpaired) electrons. The van der Waals surface area contributed by atoms with E-state index in [1.165, 1.54) is 27.4 Å². The van der Waals surface area contributed by atoms with Gasteiger partial charge < -0.3 is 14.2 Å². The molecule has 1 saturated heterocycles. The third-order valence-electron chi connectivity index (χ3n) is 4.20. The Labute approximate surface area is 160 Å². The Morgan fingerprint density at radius 3 is 2.39 bits per heavy atom. The van der Waals surface area contributed by atoms with Gasteiger partial charge in [-0.15, -0.1) is 0 Å². The molecule has 1 amide bonds. The van der Waals surface area contributed by atoms with Crippen molar-refractivity contribution in [2.24, 2.45) is 0 Å². The molecule has 1 aliphatic rings. The summed E-state index contributed by atoms with van der Waals surface area (Å²) < 4.78 is 49.0. The highest BCUT2D eigenvalue weighted by Crippen LogP contribution is 2.18. The summed E-state index contributed by atoms with van der Waals surface area (Å²) in [6.45, 7) is 1.63. The zero-order chi connectivity index (χ0) is 20.3. The highest BCUT2D eigenvalue weighted by Gasteiger charge is 2.30. The number of ether oxygens (including phenoxy) is 1. The molecule has 150 valence electrons. The number of piperazine rings is 1. The fraction of sp³-hybridized carbons (Fsp3) is 0.353. The van der Waals surface area contributed by atoms with E-state index in [0.29, 0.717) is 5.69 Å². The number of aryl methyl sites for hydroxylation is 1. The Balaban J connectivity index is 1.52. The van der Waals surface area contributed by atoms with E-state index >= 15 is 0 Å². The highest BCUT2D eigenvalue weighted by atomic mass is 32.2. The number of sulfonamides is 1. The van der Waals surface area contributed by atoms with E-state index in [9.17, 15) is 22.4 Å². The monoisotopic (exact) mass is 411 g/mol. The van der Waals surface area contributed by atoms with Crippen molar-refractivity contribution in [3.8, 4) is 0 Å². The summed E-state index contributed by atoms with van der Waals surface area (Å²) in [7, 11) is -3.76. The molecule has 0 N–H and O–H groups in total. The van der Waals surface area contributed by atoms with Gasteiger partial charge >= 0.3 is 5.97 Å². The van der Waals surface area contributed by atoms with Crippen LogP contribution in [0.15, 0.2) is 39.8 Å². The summed E-state index contributed by atoms with van der Waals surface area (Å²) in [5.74, 6) is -1.86. The van der Waals surface area contributed by atoms with Crippen molar-refractivity contribution in [3.05, 3.63) is 47.6 Å². The molecule has 1 fully saturated rings. The van der Waals surface area contributed by atoms with Gasteiger partial charge in [0, 0.05) is 32.2 Å². The first-order valence-electron chi connectivity index (χ1n) is 8.41. The van der Waals surface area contributed by atoms with E-state index in [2.05, 4.69) is 5.16 Å². The maximum Gasteiger partial charge on any atom is 0.377 e. The van der Waals surface area contributed by atoms with Gasteiger partial charge in [-0.3, -0.25) is 4.79 Å². The molecule has 0 atom stereocenters. The fourth-order valence-electron chi connectivity index (χ4n) is 2.68. The van der Waals surface area contributed by atoms with Gasteiger partial charge in [0.1, 0.15) is 5.82 Å². The Hall–Kier alpha value is -2.79. The zero-order valence-electron chi connectivity index (χ0n) is 15.0. The maximum absolute atomic E-state index is 13.0. The summed E-state index contributed by atoms with van der Waals surface area (Å²) in [4.78, 5) is 25.4. The molecule has 3 rings (SSSR count). The number of carbonyl (C=O) groups is 2. The SMILES string of the molecule is Cc1cc(C(=O)OCC(=O)N2CCN(S(=O)(=O)c3ccc(F)cc3)CC2)on1. The first-order chi connectivity index (χ1) is 13.3. The summed E-state index contributed by atoms with van der Waals surface area (Å²) in [5.41, 5.74) is 0.511. The second-order valence-electron chi connectivity index (χ2n) is 6.15. The van der Waals surface area contributed by atoms with Crippen molar-refractivity contribution in [2.75, 3.05) is 32.8 Å². The van der Waals surface area contributed by atoms with Gasteiger partial charge in [-0.25, -0.2) is 17.6 Å². The van der Waals surface area contributed by atoms with E-state index in [4.69, 9.17) is 9.26 Å². The van der Waals surface area contributed by atoms with Crippen LogP contribution in [0.5, 0.6) is 0 Å². The number of hydrogen-bond acceptors (Lipinski definition) is 7. The average Bonchev–Trinajstić information content (AvgIpc) is 3.13. The van der Waals surface area contributed by atoms with Gasteiger partial charge in [0.05, 0.1) is 10.6 Å². The largest absolute Gasteiger partial charge is 0.450 e. The van der Waals surface area contributed by atoms with Crippen LogP contribution in [0.3, 0.4) is 0 Å². The number of hydrogen-bond donors (Lipinski definition) is 0. The predicted molar refractivity (Wildman–Crippen MR) is 93.3 cm³/mol. The van der Waals surface area contributed by atoms with Crippen molar-refractivity contribution < 1.29 is 31.7 Å². The molecule has 1 aromatic heterocycles. The molecular weight excluding hydrogens is 393 g/mol. The van der Waals surface area contributed by atoms with Gasteiger partial charge in [-0.1, -0.05) is 5.16 Å². The third kappa shape index (κ3) is 4.37. The van der Waals surface area contributed by atoms with Crippen molar-refractivity contribution in [3.63, 3.8) is 0 Å². The maximum atomic E-state index is 13.0. The van der Waals surface area contributed by atoms with Crippen molar-refractivity contribution in [1.82, 2.24) is 14.4 Å². The molecular formula is C17H18FN3O6S. The van der Waals surface area contributed by atoms with Crippen molar-refractivity contribution in [1.29, 1.82) is 0 Å². The lowest BCUT2D eigenvalue weighted by molar-refractivity contribution is -0.135. The van der Waals surface area contributed by atoms with Gasteiger partial charge in [0.25, 0.3) is 5.91 Å². The standard InChI is InChI=1S/C17H18FN3O6S/c1-12-10-15(27-19-12)17(23)26-11-16(22)20-6-8-21(9-7-20)28(24,25)14-4-2-13(18)3-5-14/h2-5,10H,6-9,11H2,1H3. The minimum Gasteiger partial charge on any atom is -0.450 e. The number of rotatable bonds is 5. The number of carbonyl (C=O) groups excluding carboxylic acids is 2. The molecule has 0 saturated carbocycles. The van der Waals surface area contributed by atoms with Crippen molar-refractivity contribution >= 4 is 21.9 Å². The Morgan fingerprint density at radius 2 is 1.82 bits per heavy atom. The van der Waals surface area contributed by atoms with Crippen LogP contribution in [0.2, 0.25) is 0 Å². The lowest BCUT2D eigenvalue weighted by Gasteiger charge is -2.33. The number of amides is 1. The van der Waals surface area contributed by atoms with E-state index in [1.54, 1.807) is 6.92 Å². The molecule has 0 spiro atoms. The minimum absolute atomic E-state index is 0.00930. The lowest BCUT2D eigenvalue weighted by atomic mass is 10.3. The van der Waals surface area contributed by atoms with Gasteiger partial charge in [0.15, 0.2) is 6.61 Å². The smallest absolute Gasteiger partial charge is 0.377 e. The number of halogens is 1. The predicted octanol–water partition coefficient (Wildman–Crippen LogP) is 0.812. The van der Waals surface area contributed by atoms with Crippen LogP contribution in [0, 0.1) is 12.7 Å². The molecule has 28 heavy (non-hydrogen) atoms. The van der Waals surface area contributed by atoms with E-state index < -0.39 is 34.3 Å². The normalized spacial score (nSPS) is 15.4. The van der Waals surface area contributed by atoms with E-state index in [1.807, 2.05) is 0 Å². The van der Waals surface area contributed by atoms with Gasteiger partial charge in [0.2, 0.25) is 15.8 Å². The van der Waals surface area contributed by atoms with Crippen molar-refractivity contribution in [2.45, 2.75) is 11.8 Å². The molecule has 0 unspecified atom stereocenters. The first kappa shape index (κ1) is 20.0. The summed E-state index contributed by atoms with van der Waals surface area (Å²) in [5, 5.41) is 3.56. The average molecular weight is 411 g/mol. The van der Waals surface area contributed by atoms with E-state index in [0.717, 1.165) is 12.1 Å². The zero-order valence-corrected chi connectivity index (χ0v) is 15.8. The first-order valence-corrected chi connectivity index (χ1v) is 9.85. The summed E-state index contributed by atoms with van der Waals surface area (Å²) in [6, 6.07) is 5.96. The quantitative estimate of drug-likeness (QED) is 0.670. The minimum atomic E-state index is -3.76. The van der Waals surface area contributed by atoms with Crippen LogP contribution in [-0.4, -0.2) is 67.4 Å².